The molecule has 2 saturated heterocycles. The molecule has 2 fully saturated rings. The standard InChI is InChI=1S/C30H30N2O2S/c1-20-5-3-6-21(2)29(20)35-19-22-9-11-24(12-10-22)30(33)32-25-13-14-26(32)17-28(16-25)34-27-8-4-7-23(15-27)18-31/h3-12,15,25-26,28H,13-14,16-17,19H2,1-2H3. The molecule has 178 valence electrons. The minimum Gasteiger partial charge on any atom is -0.490 e. The van der Waals surface area contributed by atoms with Crippen molar-refractivity contribution in [1.29, 1.82) is 5.26 Å². The van der Waals surface area contributed by atoms with E-state index in [9.17, 15) is 4.79 Å². The minimum absolute atomic E-state index is 0.0785. The minimum atomic E-state index is 0.0785. The van der Waals surface area contributed by atoms with E-state index in [4.69, 9.17) is 10.00 Å². The van der Waals surface area contributed by atoms with E-state index < -0.39 is 0 Å². The van der Waals surface area contributed by atoms with Gasteiger partial charge in [0.05, 0.1) is 11.6 Å². The highest BCUT2D eigenvalue weighted by Crippen LogP contribution is 2.38. The van der Waals surface area contributed by atoms with Gasteiger partial charge in [0, 0.05) is 41.1 Å². The summed E-state index contributed by atoms with van der Waals surface area (Å²) < 4.78 is 6.22. The molecule has 3 aromatic carbocycles. The molecule has 2 heterocycles. The van der Waals surface area contributed by atoms with Crippen LogP contribution in [0.15, 0.2) is 71.6 Å². The van der Waals surface area contributed by atoms with Crippen molar-refractivity contribution in [2.75, 3.05) is 0 Å². The Kier molecular flexibility index (Phi) is 6.83. The number of nitriles is 1. The molecule has 0 aromatic heterocycles. The quantitative estimate of drug-likeness (QED) is 0.368. The summed E-state index contributed by atoms with van der Waals surface area (Å²) in [6.07, 6.45) is 3.81. The largest absolute Gasteiger partial charge is 0.490 e. The molecule has 0 aliphatic carbocycles. The summed E-state index contributed by atoms with van der Waals surface area (Å²) in [6, 6.07) is 24.5. The second-order valence-corrected chi connectivity index (χ2v) is 10.6. The van der Waals surface area contributed by atoms with Crippen LogP contribution in [0.4, 0.5) is 0 Å². The maximum atomic E-state index is 13.4. The van der Waals surface area contributed by atoms with E-state index in [1.165, 1.54) is 21.6 Å². The summed E-state index contributed by atoms with van der Waals surface area (Å²) in [5, 5.41) is 9.14. The Bertz CT molecular complexity index is 1230. The molecule has 35 heavy (non-hydrogen) atoms. The Morgan fingerprint density at radius 1 is 1.00 bits per heavy atom. The average Bonchev–Trinajstić information content (AvgIpc) is 3.14. The van der Waals surface area contributed by atoms with Crippen molar-refractivity contribution in [2.24, 2.45) is 0 Å². The van der Waals surface area contributed by atoms with Gasteiger partial charge in [-0.1, -0.05) is 36.4 Å². The molecular formula is C30H30N2O2S. The number of carbonyl (C=O) groups excluding carboxylic acids is 1. The topological polar surface area (TPSA) is 53.3 Å². The lowest BCUT2D eigenvalue weighted by Gasteiger charge is -2.39. The summed E-state index contributed by atoms with van der Waals surface area (Å²) in [7, 11) is 0. The number of fused-ring (bicyclic) bond motifs is 2. The van der Waals surface area contributed by atoms with Gasteiger partial charge in [0.2, 0.25) is 0 Å². The number of nitrogens with zero attached hydrogens (tertiary/aromatic N) is 2. The fourth-order valence-corrected chi connectivity index (χ4v) is 6.56. The first-order valence-corrected chi connectivity index (χ1v) is 13.3. The zero-order valence-electron chi connectivity index (χ0n) is 20.2. The van der Waals surface area contributed by atoms with Crippen molar-refractivity contribution in [3.05, 3.63) is 94.5 Å². The normalized spacial score (nSPS) is 20.9. The highest BCUT2D eigenvalue weighted by molar-refractivity contribution is 7.98. The zero-order chi connectivity index (χ0) is 24.4. The molecule has 1 amide bonds. The molecule has 0 spiro atoms. The fraction of sp³-hybridized carbons (Fsp3) is 0.333. The number of rotatable bonds is 6. The van der Waals surface area contributed by atoms with Crippen molar-refractivity contribution in [2.45, 2.75) is 68.4 Å². The van der Waals surface area contributed by atoms with Crippen LogP contribution in [0.5, 0.6) is 5.75 Å². The third-order valence-corrected chi connectivity index (χ3v) is 8.59. The number of benzene rings is 3. The lowest BCUT2D eigenvalue weighted by molar-refractivity contribution is 0.0359. The van der Waals surface area contributed by atoms with Crippen LogP contribution in [0.1, 0.15) is 58.3 Å². The molecule has 2 aliphatic rings. The van der Waals surface area contributed by atoms with Crippen LogP contribution in [0, 0.1) is 25.2 Å². The molecule has 2 atom stereocenters. The second kappa shape index (κ2) is 10.2. The highest BCUT2D eigenvalue weighted by Gasteiger charge is 2.44. The first-order valence-electron chi connectivity index (χ1n) is 12.3. The number of amides is 1. The van der Waals surface area contributed by atoms with Gasteiger partial charge in [0.1, 0.15) is 11.9 Å². The van der Waals surface area contributed by atoms with Crippen molar-refractivity contribution in [1.82, 2.24) is 4.90 Å². The number of ether oxygens (including phenoxy) is 1. The second-order valence-electron chi connectivity index (χ2n) is 9.65. The van der Waals surface area contributed by atoms with E-state index in [1.54, 1.807) is 12.1 Å². The summed E-state index contributed by atoms with van der Waals surface area (Å²) in [6.45, 7) is 4.31. The molecule has 2 unspecified atom stereocenters. The number of hydrogen-bond acceptors (Lipinski definition) is 4. The molecule has 3 aromatic rings. The van der Waals surface area contributed by atoms with Crippen LogP contribution in [0.3, 0.4) is 0 Å². The Morgan fingerprint density at radius 3 is 2.31 bits per heavy atom. The Balaban J connectivity index is 1.21. The molecule has 0 saturated carbocycles. The van der Waals surface area contributed by atoms with Crippen LogP contribution in [-0.4, -0.2) is 29.0 Å². The van der Waals surface area contributed by atoms with Crippen LogP contribution < -0.4 is 4.74 Å². The molecule has 0 radical (unpaired) electrons. The van der Waals surface area contributed by atoms with Crippen molar-refractivity contribution < 1.29 is 9.53 Å². The van der Waals surface area contributed by atoms with Gasteiger partial charge in [0.25, 0.3) is 5.91 Å². The summed E-state index contributed by atoms with van der Waals surface area (Å²) in [5.41, 5.74) is 5.21. The maximum Gasteiger partial charge on any atom is 0.254 e. The smallest absolute Gasteiger partial charge is 0.254 e. The Labute approximate surface area is 211 Å². The third-order valence-electron chi connectivity index (χ3n) is 7.18. The third kappa shape index (κ3) is 5.09. The summed E-state index contributed by atoms with van der Waals surface area (Å²) in [4.78, 5) is 16.9. The first kappa shape index (κ1) is 23.5. The predicted octanol–water partition coefficient (Wildman–Crippen LogP) is 6.68. The van der Waals surface area contributed by atoms with Crippen LogP contribution in [-0.2, 0) is 5.75 Å². The van der Waals surface area contributed by atoms with E-state index in [-0.39, 0.29) is 24.1 Å². The highest BCUT2D eigenvalue weighted by atomic mass is 32.2. The SMILES string of the molecule is Cc1cccc(C)c1SCc1ccc(C(=O)N2C3CCC2CC(Oc2cccc(C#N)c2)C3)cc1. The number of hydrogen-bond donors (Lipinski definition) is 0. The number of aryl methyl sites for hydroxylation is 2. The van der Waals surface area contributed by atoms with Crippen LogP contribution in [0.25, 0.3) is 0 Å². The van der Waals surface area contributed by atoms with E-state index in [0.29, 0.717) is 5.56 Å². The van der Waals surface area contributed by atoms with Crippen LogP contribution >= 0.6 is 11.8 Å². The van der Waals surface area contributed by atoms with E-state index in [0.717, 1.165) is 42.7 Å². The van der Waals surface area contributed by atoms with Gasteiger partial charge in [0.15, 0.2) is 0 Å². The molecule has 0 N–H and O–H groups in total. The van der Waals surface area contributed by atoms with E-state index in [2.05, 4.69) is 55.1 Å². The Hall–Kier alpha value is -3.23. The molecule has 5 rings (SSSR count). The van der Waals surface area contributed by atoms with E-state index in [1.807, 2.05) is 36.0 Å². The predicted molar refractivity (Wildman–Crippen MR) is 140 cm³/mol. The zero-order valence-corrected chi connectivity index (χ0v) is 21.1. The monoisotopic (exact) mass is 482 g/mol. The molecule has 2 bridgehead atoms. The number of piperidine rings is 1. The number of carbonyl (C=O) groups is 1. The van der Waals surface area contributed by atoms with Gasteiger partial charge < -0.3 is 9.64 Å². The lowest BCUT2D eigenvalue weighted by Crippen LogP contribution is -2.49. The van der Waals surface area contributed by atoms with Gasteiger partial charge in [-0.15, -0.1) is 11.8 Å². The molecule has 4 nitrogen and oxygen atoms in total. The maximum absolute atomic E-state index is 13.4. The molecular weight excluding hydrogens is 452 g/mol. The molecule has 2 aliphatic heterocycles. The van der Waals surface area contributed by atoms with Gasteiger partial charge >= 0.3 is 0 Å². The van der Waals surface area contributed by atoms with Gasteiger partial charge in [-0.2, -0.15) is 5.26 Å². The van der Waals surface area contributed by atoms with Crippen molar-refractivity contribution >= 4 is 17.7 Å². The first-order chi connectivity index (χ1) is 17.0. The fourth-order valence-electron chi connectivity index (χ4n) is 5.46. The molecule has 5 heteroatoms. The van der Waals surface area contributed by atoms with Gasteiger partial charge in [-0.25, -0.2) is 0 Å². The van der Waals surface area contributed by atoms with E-state index >= 15 is 0 Å². The lowest BCUT2D eigenvalue weighted by atomic mass is 9.98. The summed E-state index contributed by atoms with van der Waals surface area (Å²) >= 11 is 1.86. The van der Waals surface area contributed by atoms with Gasteiger partial charge in [-0.3, -0.25) is 4.79 Å². The average molecular weight is 483 g/mol. The van der Waals surface area contributed by atoms with Crippen LogP contribution in [0.2, 0.25) is 0 Å². The Morgan fingerprint density at radius 2 is 1.66 bits per heavy atom. The van der Waals surface area contributed by atoms with Gasteiger partial charge in [-0.05, 0) is 73.7 Å². The number of thioether (sulfide) groups is 1. The summed E-state index contributed by atoms with van der Waals surface area (Å²) in [5.74, 6) is 1.76. The van der Waals surface area contributed by atoms with Crippen molar-refractivity contribution in [3.63, 3.8) is 0 Å². The van der Waals surface area contributed by atoms with Crippen molar-refractivity contribution in [3.8, 4) is 11.8 Å².